The van der Waals surface area contributed by atoms with Gasteiger partial charge in [-0.15, -0.1) is 0 Å². The van der Waals surface area contributed by atoms with E-state index in [9.17, 15) is 0 Å². The Labute approximate surface area is 202 Å². The number of hydrogen-bond acceptors (Lipinski definition) is 1. The zero-order valence-electron chi connectivity index (χ0n) is 19.0. The Balaban J connectivity index is 1.43. The fraction of sp³-hybridized carbons (Fsp3) is 0.0606. The molecule has 0 atom stereocenters. The van der Waals surface area contributed by atoms with E-state index in [2.05, 4.69) is 101 Å². The van der Waals surface area contributed by atoms with E-state index in [4.69, 9.17) is 4.98 Å². The van der Waals surface area contributed by atoms with Gasteiger partial charge in [-0.25, -0.2) is 4.98 Å². The van der Waals surface area contributed by atoms with Gasteiger partial charge in [-0.1, -0.05) is 78.9 Å². The lowest BCUT2D eigenvalue weighted by Crippen LogP contribution is -1.91. The summed E-state index contributed by atoms with van der Waals surface area (Å²) in [4.78, 5) is 5.21. The lowest BCUT2D eigenvalue weighted by Gasteiger charge is -2.11. The molecule has 0 spiro atoms. The van der Waals surface area contributed by atoms with Crippen molar-refractivity contribution in [3.63, 3.8) is 0 Å². The van der Waals surface area contributed by atoms with E-state index in [-0.39, 0.29) is 0 Å². The first kappa shape index (κ1) is 18.0. The van der Waals surface area contributed by atoms with Crippen molar-refractivity contribution in [3.05, 3.63) is 119 Å². The molecule has 0 amide bonds. The van der Waals surface area contributed by atoms with E-state index in [0.29, 0.717) is 0 Å². The van der Waals surface area contributed by atoms with Gasteiger partial charge in [0.2, 0.25) is 0 Å². The molecule has 2 heteroatoms. The Morgan fingerprint density at radius 3 is 2.09 bits per heavy atom. The van der Waals surface area contributed by atoms with Crippen molar-refractivity contribution < 1.29 is 0 Å². The second-order valence-corrected chi connectivity index (χ2v) is 9.98. The van der Waals surface area contributed by atoms with Gasteiger partial charge in [0.25, 0.3) is 0 Å². The smallest absolute Gasteiger partial charge is 0.146 e. The van der Waals surface area contributed by atoms with E-state index in [1.807, 2.05) is 0 Å². The van der Waals surface area contributed by atoms with Crippen LogP contribution in [0.3, 0.4) is 0 Å². The molecule has 9 rings (SSSR count). The normalized spacial score (nSPS) is 13.5. The van der Waals surface area contributed by atoms with Crippen LogP contribution in [0.2, 0.25) is 0 Å². The Bertz CT molecular complexity index is 2060. The molecule has 7 aromatic rings. The molecule has 0 fully saturated rings. The fourth-order valence-electron chi connectivity index (χ4n) is 6.71. The van der Waals surface area contributed by atoms with Gasteiger partial charge in [0.05, 0.1) is 16.6 Å². The maximum absolute atomic E-state index is 5.21. The topological polar surface area (TPSA) is 17.3 Å². The third-order valence-electron chi connectivity index (χ3n) is 8.18. The van der Waals surface area contributed by atoms with Crippen molar-refractivity contribution >= 4 is 38.4 Å². The van der Waals surface area contributed by atoms with Crippen molar-refractivity contribution in [2.75, 3.05) is 0 Å². The summed E-state index contributed by atoms with van der Waals surface area (Å²) < 4.78 is 2.38. The number of para-hydroxylation sites is 1. The van der Waals surface area contributed by atoms with Gasteiger partial charge < -0.3 is 0 Å². The summed E-state index contributed by atoms with van der Waals surface area (Å²) in [6.45, 7) is 0. The Morgan fingerprint density at radius 1 is 0.514 bits per heavy atom. The van der Waals surface area contributed by atoms with Gasteiger partial charge in [0.15, 0.2) is 0 Å². The zero-order valence-corrected chi connectivity index (χ0v) is 19.0. The van der Waals surface area contributed by atoms with Gasteiger partial charge in [-0.3, -0.25) is 4.40 Å². The molecule has 0 bridgehead atoms. The number of aromatic nitrogens is 2. The highest BCUT2D eigenvalue weighted by Gasteiger charge is 2.29. The molecular weight excluding hydrogens is 424 g/mol. The first-order valence-electron chi connectivity index (χ1n) is 12.3. The largest absolute Gasteiger partial charge is 0.292 e. The van der Waals surface area contributed by atoms with E-state index >= 15 is 0 Å². The summed E-state index contributed by atoms with van der Waals surface area (Å²) >= 11 is 0. The molecule has 0 saturated heterocycles. The van der Waals surface area contributed by atoms with E-state index in [0.717, 1.165) is 24.0 Å². The number of imidazole rings is 1. The first-order chi connectivity index (χ1) is 17.3. The average Bonchev–Trinajstić information content (AvgIpc) is 3.58. The third-order valence-corrected chi connectivity index (χ3v) is 8.18. The molecule has 0 saturated carbocycles. The molecule has 2 nitrogen and oxygen atoms in total. The van der Waals surface area contributed by atoms with Crippen LogP contribution in [0.1, 0.15) is 22.3 Å². The number of hydrogen-bond donors (Lipinski definition) is 0. The first-order valence-corrected chi connectivity index (χ1v) is 12.3. The molecule has 35 heavy (non-hydrogen) atoms. The summed E-state index contributed by atoms with van der Waals surface area (Å²) in [5, 5.41) is 3.74. The van der Waals surface area contributed by atoms with Gasteiger partial charge in [0, 0.05) is 10.8 Å². The van der Waals surface area contributed by atoms with Crippen molar-refractivity contribution in [3.8, 4) is 22.3 Å². The summed E-state index contributed by atoms with van der Waals surface area (Å²) in [5.74, 6) is 0. The molecule has 0 aliphatic heterocycles. The second-order valence-electron chi connectivity index (χ2n) is 9.98. The summed E-state index contributed by atoms with van der Waals surface area (Å²) in [5.41, 5.74) is 15.9. The van der Waals surface area contributed by atoms with E-state index in [1.54, 1.807) is 0 Å². The zero-order chi connectivity index (χ0) is 22.7. The van der Waals surface area contributed by atoms with Crippen molar-refractivity contribution in [1.29, 1.82) is 0 Å². The molecule has 0 N–H and O–H groups in total. The molecule has 2 aliphatic rings. The minimum absolute atomic E-state index is 0.978. The van der Waals surface area contributed by atoms with Crippen LogP contribution in [0.5, 0.6) is 0 Å². The Kier molecular flexibility index (Phi) is 3.16. The lowest BCUT2D eigenvalue weighted by atomic mass is 9.93. The van der Waals surface area contributed by atoms with Gasteiger partial charge in [-0.05, 0) is 80.9 Å². The number of rotatable bonds is 0. The maximum Gasteiger partial charge on any atom is 0.146 e. The predicted molar refractivity (Wildman–Crippen MR) is 144 cm³/mol. The van der Waals surface area contributed by atoms with Crippen LogP contribution < -0.4 is 0 Å². The summed E-state index contributed by atoms with van der Waals surface area (Å²) in [6.07, 6.45) is 2.01. The monoisotopic (exact) mass is 444 g/mol. The minimum Gasteiger partial charge on any atom is -0.292 e. The van der Waals surface area contributed by atoms with Crippen LogP contribution in [-0.2, 0) is 12.8 Å². The SMILES string of the molecule is c1ccc2c(c1)Cc1ccc3c(c1-2)-c1cc2c(cc1C3)nc1c3ccccc3c3ccccc3n21. The van der Waals surface area contributed by atoms with Crippen LogP contribution in [0.25, 0.3) is 60.6 Å². The molecule has 162 valence electrons. The molecule has 5 aromatic carbocycles. The van der Waals surface area contributed by atoms with E-state index in [1.165, 1.54) is 71.7 Å². The molecule has 2 aliphatic carbocycles. The van der Waals surface area contributed by atoms with Crippen molar-refractivity contribution in [2.45, 2.75) is 12.8 Å². The van der Waals surface area contributed by atoms with Gasteiger partial charge >= 0.3 is 0 Å². The Hall–Kier alpha value is -4.43. The Morgan fingerprint density at radius 2 is 1.20 bits per heavy atom. The molecule has 0 radical (unpaired) electrons. The van der Waals surface area contributed by atoms with E-state index < -0.39 is 0 Å². The highest BCUT2D eigenvalue weighted by molar-refractivity contribution is 6.14. The minimum atomic E-state index is 0.978. The molecular formula is C33H20N2. The van der Waals surface area contributed by atoms with Gasteiger partial charge in [-0.2, -0.15) is 0 Å². The highest BCUT2D eigenvalue weighted by atomic mass is 15.0. The number of benzene rings is 5. The van der Waals surface area contributed by atoms with Crippen molar-refractivity contribution in [1.82, 2.24) is 9.38 Å². The maximum atomic E-state index is 5.21. The highest BCUT2D eigenvalue weighted by Crippen LogP contribution is 2.50. The summed E-state index contributed by atoms with van der Waals surface area (Å²) in [7, 11) is 0. The fourth-order valence-corrected chi connectivity index (χ4v) is 6.71. The standard InChI is InChI=1S/C33H20N2/c1-2-8-23-19(7-1)15-20-13-14-21-16-22-17-28-30(18-27(22)32(21)31(20)23)35-29-12-6-5-10-25(29)24-9-3-4-11-26(24)33(35)34-28/h1-14,17-18H,15-16H2. The quantitative estimate of drug-likeness (QED) is 0.217. The second kappa shape index (κ2) is 6.17. The van der Waals surface area contributed by atoms with Crippen LogP contribution in [0.15, 0.2) is 97.1 Å². The number of pyridine rings is 1. The predicted octanol–water partition coefficient (Wildman–Crippen LogP) is 7.94. The van der Waals surface area contributed by atoms with Crippen LogP contribution in [0, 0.1) is 0 Å². The van der Waals surface area contributed by atoms with Crippen LogP contribution >= 0.6 is 0 Å². The average molecular weight is 445 g/mol. The molecule has 0 unspecified atom stereocenters. The third kappa shape index (κ3) is 2.18. The molecule has 2 heterocycles. The van der Waals surface area contributed by atoms with Gasteiger partial charge in [0.1, 0.15) is 5.65 Å². The van der Waals surface area contributed by atoms with Crippen molar-refractivity contribution in [2.24, 2.45) is 0 Å². The molecule has 2 aromatic heterocycles. The lowest BCUT2D eigenvalue weighted by molar-refractivity contribution is 1.23. The van der Waals surface area contributed by atoms with Crippen LogP contribution in [-0.4, -0.2) is 9.38 Å². The summed E-state index contributed by atoms with van der Waals surface area (Å²) in [6, 6.07) is 35.8. The number of fused-ring (bicyclic) bond motifs is 15. The number of nitrogens with zero attached hydrogens (tertiary/aromatic N) is 2. The van der Waals surface area contributed by atoms with Crippen LogP contribution in [0.4, 0.5) is 0 Å².